The van der Waals surface area contributed by atoms with Crippen LogP contribution in [0.3, 0.4) is 0 Å². The van der Waals surface area contributed by atoms with Gasteiger partial charge in [0.05, 0.1) is 12.3 Å². The maximum absolute atomic E-state index is 5.71. The molecule has 0 amide bonds. The van der Waals surface area contributed by atoms with Gasteiger partial charge in [-0.05, 0) is 63.2 Å². The molecule has 3 rings (SSSR count). The Morgan fingerprint density at radius 3 is 2.81 bits per heavy atom. The minimum atomic E-state index is 0.420. The van der Waals surface area contributed by atoms with Crippen LogP contribution in [0.4, 0.5) is 0 Å². The molecule has 1 aromatic rings. The van der Waals surface area contributed by atoms with E-state index in [0.29, 0.717) is 12.1 Å². The summed E-state index contributed by atoms with van der Waals surface area (Å²) in [5.41, 5.74) is 0. The van der Waals surface area contributed by atoms with Gasteiger partial charge in [0.25, 0.3) is 0 Å². The lowest BCUT2D eigenvalue weighted by Gasteiger charge is -2.28. The molecular weight excluding hydrogens is 260 g/mol. The molecule has 1 aliphatic heterocycles. The third-order valence-electron chi connectivity index (χ3n) is 5.31. The second-order valence-electron chi connectivity index (χ2n) is 6.99. The molecule has 0 bridgehead atoms. The van der Waals surface area contributed by atoms with Gasteiger partial charge < -0.3 is 9.73 Å². The highest BCUT2D eigenvalue weighted by atomic mass is 16.3. The molecule has 3 heteroatoms. The van der Waals surface area contributed by atoms with Crippen molar-refractivity contribution >= 4 is 0 Å². The number of hydrogen-bond donors (Lipinski definition) is 1. The minimum absolute atomic E-state index is 0.420. The quantitative estimate of drug-likeness (QED) is 0.832. The predicted molar refractivity (Wildman–Crippen MR) is 86.3 cm³/mol. The molecule has 1 aliphatic carbocycles. The Bertz CT molecular complexity index is 397. The van der Waals surface area contributed by atoms with E-state index < -0.39 is 0 Å². The molecule has 2 aliphatic rings. The van der Waals surface area contributed by atoms with E-state index >= 15 is 0 Å². The standard InChI is InChI=1S/C18H30N2O/c1-15-6-4-7-16(10-9-15)19-14-17(18-8-5-13-21-18)20-11-2-3-12-20/h5,8,13,15-17,19H,2-4,6-7,9-12,14H2,1H3. The first kappa shape index (κ1) is 15.1. The highest BCUT2D eigenvalue weighted by Crippen LogP contribution is 2.27. The first-order valence-corrected chi connectivity index (χ1v) is 8.84. The summed E-state index contributed by atoms with van der Waals surface area (Å²) in [4.78, 5) is 2.59. The van der Waals surface area contributed by atoms with Gasteiger partial charge in [0.2, 0.25) is 0 Å². The summed E-state index contributed by atoms with van der Waals surface area (Å²) < 4.78 is 5.71. The number of nitrogens with one attached hydrogen (secondary N) is 1. The normalized spacial score (nSPS) is 29.4. The van der Waals surface area contributed by atoms with E-state index in [4.69, 9.17) is 4.42 Å². The monoisotopic (exact) mass is 290 g/mol. The summed E-state index contributed by atoms with van der Waals surface area (Å²) in [6, 6.07) is 5.28. The molecule has 3 nitrogen and oxygen atoms in total. The summed E-state index contributed by atoms with van der Waals surface area (Å²) in [6.45, 7) is 5.87. The van der Waals surface area contributed by atoms with Gasteiger partial charge >= 0.3 is 0 Å². The van der Waals surface area contributed by atoms with Crippen LogP contribution in [0.1, 0.15) is 63.7 Å². The molecule has 1 N–H and O–H groups in total. The molecule has 2 fully saturated rings. The smallest absolute Gasteiger partial charge is 0.122 e. The lowest BCUT2D eigenvalue weighted by atomic mass is 10.0. The van der Waals surface area contributed by atoms with E-state index in [1.807, 2.05) is 12.3 Å². The predicted octanol–water partition coefficient (Wildman–Crippen LogP) is 3.97. The zero-order valence-electron chi connectivity index (χ0n) is 13.4. The molecule has 0 spiro atoms. The topological polar surface area (TPSA) is 28.4 Å². The van der Waals surface area contributed by atoms with Crippen molar-refractivity contribution in [1.82, 2.24) is 10.2 Å². The van der Waals surface area contributed by atoms with E-state index in [1.54, 1.807) is 0 Å². The Hall–Kier alpha value is -0.800. The SMILES string of the molecule is CC1CCCC(NCC(c2ccco2)N2CCCC2)CC1. The van der Waals surface area contributed by atoms with Crippen LogP contribution in [-0.2, 0) is 0 Å². The Labute approximate surface area is 129 Å². The van der Waals surface area contributed by atoms with Crippen LogP contribution in [0, 0.1) is 5.92 Å². The number of likely N-dealkylation sites (tertiary alicyclic amines) is 1. The Morgan fingerprint density at radius 1 is 1.19 bits per heavy atom. The fraction of sp³-hybridized carbons (Fsp3) is 0.778. The van der Waals surface area contributed by atoms with Gasteiger partial charge in [0.15, 0.2) is 0 Å². The zero-order chi connectivity index (χ0) is 14.5. The molecule has 0 radical (unpaired) electrons. The van der Waals surface area contributed by atoms with Crippen molar-refractivity contribution in [3.05, 3.63) is 24.2 Å². The summed E-state index contributed by atoms with van der Waals surface area (Å²) >= 11 is 0. The van der Waals surface area contributed by atoms with E-state index in [1.165, 1.54) is 58.0 Å². The fourth-order valence-electron chi connectivity index (χ4n) is 3.91. The molecule has 21 heavy (non-hydrogen) atoms. The van der Waals surface area contributed by atoms with Gasteiger partial charge in [-0.2, -0.15) is 0 Å². The molecule has 118 valence electrons. The molecule has 1 saturated heterocycles. The van der Waals surface area contributed by atoms with E-state index in [0.717, 1.165) is 18.2 Å². The van der Waals surface area contributed by atoms with Crippen LogP contribution < -0.4 is 5.32 Å². The molecule has 1 aromatic heterocycles. The number of furan rings is 1. The molecular formula is C18H30N2O. The maximum atomic E-state index is 5.71. The van der Waals surface area contributed by atoms with Crippen molar-refractivity contribution in [3.8, 4) is 0 Å². The summed E-state index contributed by atoms with van der Waals surface area (Å²) in [7, 11) is 0. The Balaban J connectivity index is 1.57. The van der Waals surface area contributed by atoms with Gasteiger partial charge in [0, 0.05) is 12.6 Å². The lowest BCUT2D eigenvalue weighted by Crippen LogP contribution is -2.38. The van der Waals surface area contributed by atoms with Crippen molar-refractivity contribution in [1.29, 1.82) is 0 Å². The third-order valence-corrected chi connectivity index (χ3v) is 5.31. The van der Waals surface area contributed by atoms with E-state index in [9.17, 15) is 0 Å². The van der Waals surface area contributed by atoms with Crippen molar-refractivity contribution < 1.29 is 4.42 Å². The third kappa shape index (κ3) is 4.10. The number of rotatable bonds is 5. The summed E-state index contributed by atoms with van der Waals surface area (Å²) in [5.74, 6) is 2.04. The molecule has 0 aromatic carbocycles. The maximum Gasteiger partial charge on any atom is 0.122 e. The second kappa shape index (κ2) is 7.46. The Kier molecular flexibility index (Phi) is 5.37. The van der Waals surface area contributed by atoms with Gasteiger partial charge in [-0.25, -0.2) is 0 Å². The average molecular weight is 290 g/mol. The van der Waals surface area contributed by atoms with Crippen LogP contribution in [0.2, 0.25) is 0 Å². The lowest BCUT2D eigenvalue weighted by molar-refractivity contribution is 0.202. The van der Waals surface area contributed by atoms with Crippen LogP contribution in [0.5, 0.6) is 0 Å². The summed E-state index contributed by atoms with van der Waals surface area (Å²) in [6.07, 6.45) is 11.3. The van der Waals surface area contributed by atoms with Crippen molar-refractivity contribution in [2.45, 2.75) is 64.0 Å². The first-order chi connectivity index (χ1) is 10.3. The largest absolute Gasteiger partial charge is 0.468 e. The van der Waals surface area contributed by atoms with Gasteiger partial charge in [-0.1, -0.05) is 19.8 Å². The minimum Gasteiger partial charge on any atom is -0.468 e. The van der Waals surface area contributed by atoms with Gasteiger partial charge in [-0.15, -0.1) is 0 Å². The van der Waals surface area contributed by atoms with Crippen LogP contribution in [0.15, 0.2) is 22.8 Å². The average Bonchev–Trinajstić information content (AvgIpc) is 3.15. The number of hydrogen-bond acceptors (Lipinski definition) is 3. The van der Waals surface area contributed by atoms with Crippen LogP contribution in [-0.4, -0.2) is 30.6 Å². The first-order valence-electron chi connectivity index (χ1n) is 8.84. The van der Waals surface area contributed by atoms with Gasteiger partial charge in [0.1, 0.15) is 5.76 Å². The van der Waals surface area contributed by atoms with Crippen molar-refractivity contribution in [2.75, 3.05) is 19.6 Å². The fourth-order valence-corrected chi connectivity index (χ4v) is 3.91. The molecule has 2 heterocycles. The highest BCUT2D eigenvalue weighted by molar-refractivity contribution is 5.06. The van der Waals surface area contributed by atoms with Crippen LogP contribution in [0.25, 0.3) is 0 Å². The van der Waals surface area contributed by atoms with Gasteiger partial charge in [-0.3, -0.25) is 4.90 Å². The van der Waals surface area contributed by atoms with Crippen LogP contribution >= 0.6 is 0 Å². The van der Waals surface area contributed by atoms with E-state index in [2.05, 4.69) is 23.2 Å². The van der Waals surface area contributed by atoms with Crippen molar-refractivity contribution in [3.63, 3.8) is 0 Å². The molecule has 3 unspecified atom stereocenters. The highest BCUT2D eigenvalue weighted by Gasteiger charge is 2.26. The van der Waals surface area contributed by atoms with Crippen molar-refractivity contribution in [2.24, 2.45) is 5.92 Å². The second-order valence-corrected chi connectivity index (χ2v) is 6.99. The molecule has 3 atom stereocenters. The Morgan fingerprint density at radius 2 is 2.05 bits per heavy atom. The number of nitrogens with zero attached hydrogens (tertiary/aromatic N) is 1. The zero-order valence-corrected chi connectivity index (χ0v) is 13.4. The molecule has 1 saturated carbocycles. The summed E-state index contributed by atoms with van der Waals surface area (Å²) in [5, 5.41) is 3.85. The van der Waals surface area contributed by atoms with E-state index in [-0.39, 0.29) is 0 Å².